The minimum atomic E-state index is -1.03. The summed E-state index contributed by atoms with van der Waals surface area (Å²) in [6, 6.07) is 6.23. The van der Waals surface area contributed by atoms with Gasteiger partial charge in [-0.15, -0.1) is 0 Å². The summed E-state index contributed by atoms with van der Waals surface area (Å²) in [6.45, 7) is 5.95. The van der Waals surface area contributed by atoms with Crippen LogP contribution in [0.5, 0.6) is 23.0 Å². The van der Waals surface area contributed by atoms with Crippen LogP contribution < -0.4 is 18.9 Å². The number of nitrogens with zero attached hydrogens (tertiary/aromatic N) is 5. The molecule has 3 aliphatic heterocycles. The van der Waals surface area contributed by atoms with Gasteiger partial charge in [-0.2, -0.15) is 0 Å². The Balaban J connectivity index is 1.29. The number of benzene rings is 2. The SMILES string of the molecule is CCCCCCO/N=C/c1cc(OC)c(OCC(O)Cn2c([N+](=O)[O-])cnc2C)c2c1CC1c3cc4c(cc3CCN1C2)OCO4. The van der Waals surface area contributed by atoms with Crippen LogP contribution in [0.15, 0.2) is 29.6 Å². The van der Waals surface area contributed by atoms with Gasteiger partial charge >= 0.3 is 5.82 Å². The molecule has 6 rings (SSSR count). The van der Waals surface area contributed by atoms with E-state index in [1.807, 2.05) is 6.07 Å². The molecule has 0 bridgehead atoms. The maximum Gasteiger partial charge on any atom is 0.342 e. The highest BCUT2D eigenvalue weighted by Crippen LogP contribution is 2.47. The number of nitro groups is 1. The smallest absolute Gasteiger partial charge is 0.342 e. The van der Waals surface area contributed by atoms with Gasteiger partial charge in [-0.05, 0) is 65.5 Å². The zero-order valence-electron chi connectivity index (χ0n) is 26.6. The van der Waals surface area contributed by atoms with Crippen molar-refractivity contribution in [2.24, 2.45) is 5.16 Å². The normalized spacial score (nSPS) is 17.3. The molecular formula is C33H41N5O8. The maximum atomic E-state index is 11.5. The van der Waals surface area contributed by atoms with E-state index in [9.17, 15) is 15.2 Å². The molecule has 0 aliphatic carbocycles. The standard InChI is InChI=1S/C33H41N5O8/c1-4-5-6-7-10-46-35-15-23-12-31(42-3)33(43-19-24(39)17-37-21(2)34-16-32(37)38(40)41)27-18-36-9-8-22-11-29-30(45-20-44-29)14-26(22)28(36)13-25(23)27/h11-12,14-16,24,28,39H,4-10,13,17-20H2,1-3H3/b35-15+. The lowest BCUT2D eigenvalue weighted by molar-refractivity contribution is -0.392. The Labute approximate surface area is 267 Å². The quantitative estimate of drug-likeness (QED) is 0.113. The number of unbranched alkanes of at least 4 members (excludes halogenated alkanes) is 3. The van der Waals surface area contributed by atoms with Crippen molar-refractivity contribution < 1.29 is 33.8 Å². The molecule has 0 spiro atoms. The van der Waals surface area contributed by atoms with E-state index in [-0.39, 0.29) is 31.8 Å². The van der Waals surface area contributed by atoms with Crippen molar-refractivity contribution in [2.45, 2.75) is 77.6 Å². The molecule has 0 radical (unpaired) electrons. The van der Waals surface area contributed by atoms with Crippen molar-refractivity contribution in [3.63, 3.8) is 0 Å². The molecule has 3 aromatic rings. The predicted molar refractivity (Wildman–Crippen MR) is 169 cm³/mol. The van der Waals surface area contributed by atoms with Crippen molar-refractivity contribution in [2.75, 3.05) is 33.7 Å². The summed E-state index contributed by atoms with van der Waals surface area (Å²) >= 11 is 0. The molecule has 13 heteroatoms. The van der Waals surface area contributed by atoms with E-state index in [1.165, 1.54) is 28.3 Å². The van der Waals surface area contributed by atoms with E-state index >= 15 is 0 Å². The number of ether oxygens (including phenoxy) is 4. The Kier molecular flexibility index (Phi) is 9.59. The maximum absolute atomic E-state index is 11.5. The molecule has 0 saturated carbocycles. The van der Waals surface area contributed by atoms with Gasteiger partial charge in [0.2, 0.25) is 6.79 Å². The van der Waals surface area contributed by atoms with E-state index in [0.29, 0.717) is 36.9 Å². The Bertz CT molecular complexity index is 1610. The van der Waals surface area contributed by atoms with Gasteiger partial charge in [0.1, 0.15) is 32.1 Å². The first-order chi connectivity index (χ1) is 22.4. The minimum absolute atomic E-state index is 0.0337. The molecule has 246 valence electrons. The topological polar surface area (TPSA) is 143 Å². The third kappa shape index (κ3) is 6.47. The number of hydrogen-bond acceptors (Lipinski definition) is 11. The van der Waals surface area contributed by atoms with Crippen molar-refractivity contribution in [3.8, 4) is 23.0 Å². The monoisotopic (exact) mass is 635 g/mol. The molecule has 0 amide bonds. The number of aromatic nitrogens is 2. The van der Waals surface area contributed by atoms with Gasteiger partial charge in [0.05, 0.1) is 13.3 Å². The number of methoxy groups -OCH3 is 1. The zero-order chi connectivity index (χ0) is 32.2. The van der Waals surface area contributed by atoms with Crippen LogP contribution in [0.1, 0.15) is 72.3 Å². The number of rotatable bonds is 14. The van der Waals surface area contributed by atoms with Crippen LogP contribution in [0.25, 0.3) is 0 Å². The molecule has 2 atom stereocenters. The fraction of sp³-hybridized carbons (Fsp3) is 0.515. The fourth-order valence-electron chi connectivity index (χ4n) is 6.57. The van der Waals surface area contributed by atoms with Crippen LogP contribution in [0, 0.1) is 17.0 Å². The Morgan fingerprint density at radius 3 is 2.83 bits per heavy atom. The van der Waals surface area contributed by atoms with Crippen molar-refractivity contribution in [1.82, 2.24) is 14.5 Å². The molecule has 3 aliphatic rings. The predicted octanol–water partition coefficient (Wildman–Crippen LogP) is 4.86. The van der Waals surface area contributed by atoms with Crippen LogP contribution in [0.4, 0.5) is 5.82 Å². The second-order valence-electron chi connectivity index (χ2n) is 11.9. The van der Waals surface area contributed by atoms with Gasteiger partial charge in [-0.1, -0.05) is 24.9 Å². The largest absolute Gasteiger partial charge is 0.493 e. The number of oxime groups is 1. The average Bonchev–Trinajstić information content (AvgIpc) is 3.67. The van der Waals surface area contributed by atoms with Gasteiger partial charge < -0.3 is 39.0 Å². The van der Waals surface area contributed by atoms with Gasteiger partial charge in [0.15, 0.2) is 28.8 Å². The molecule has 2 aromatic carbocycles. The lowest BCUT2D eigenvalue weighted by atomic mass is 9.82. The van der Waals surface area contributed by atoms with Gasteiger partial charge in [0, 0.05) is 37.2 Å². The number of aliphatic hydroxyl groups excluding tert-OH is 1. The summed E-state index contributed by atoms with van der Waals surface area (Å²) < 4.78 is 24.9. The van der Waals surface area contributed by atoms with Gasteiger partial charge in [-0.25, -0.2) is 9.55 Å². The van der Waals surface area contributed by atoms with E-state index < -0.39 is 11.0 Å². The van der Waals surface area contributed by atoms with Crippen LogP contribution >= 0.6 is 0 Å². The minimum Gasteiger partial charge on any atom is -0.493 e. The number of aryl methyl sites for hydroxylation is 1. The third-order valence-electron chi connectivity index (χ3n) is 8.97. The third-order valence-corrected chi connectivity index (χ3v) is 8.97. The fourth-order valence-corrected chi connectivity index (χ4v) is 6.57. The zero-order valence-corrected chi connectivity index (χ0v) is 26.6. The number of imidazole rings is 1. The molecular weight excluding hydrogens is 594 g/mol. The molecule has 46 heavy (non-hydrogen) atoms. The number of fused-ring (bicyclic) bond motifs is 5. The Hall–Kier alpha value is -4.36. The summed E-state index contributed by atoms with van der Waals surface area (Å²) in [7, 11) is 1.58. The van der Waals surface area contributed by atoms with Crippen LogP contribution in [0.3, 0.4) is 0 Å². The Morgan fingerprint density at radius 2 is 2.04 bits per heavy atom. The average molecular weight is 636 g/mol. The summed E-state index contributed by atoms with van der Waals surface area (Å²) in [5.74, 6) is 2.88. The van der Waals surface area contributed by atoms with Crippen LogP contribution in [-0.2, 0) is 30.8 Å². The first kappa shape index (κ1) is 31.6. The molecule has 4 heterocycles. The van der Waals surface area contributed by atoms with Crippen molar-refractivity contribution in [3.05, 3.63) is 68.2 Å². The highest BCUT2D eigenvalue weighted by Gasteiger charge is 2.37. The van der Waals surface area contributed by atoms with Gasteiger partial charge in [-0.3, -0.25) is 4.90 Å². The first-order valence-corrected chi connectivity index (χ1v) is 15.9. The van der Waals surface area contributed by atoms with E-state index in [4.69, 9.17) is 23.8 Å². The summed E-state index contributed by atoms with van der Waals surface area (Å²) in [5.41, 5.74) is 5.39. The number of aliphatic hydroxyl groups is 1. The van der Waals surface area contributed by atoms with Crippen LogP contribution in [0.2, 0.25) is 0 Å². The Morgan fingerprint density at radius 1 is 1.22 bits per heavy atom. The molecule has 13 nitrogen and oxygen atoms in total. The number of hydrogen-bond donors (Lipinski definition) is 1. The van der Waals surface area contributed by atoms with E-state index in [2.05, 4.69) is 34.1 Å². The second kappa shape index (κ2) is 14.0. The molecule has 0 saturated heterocycles. The van der Waals surface area contributed by atoms with Gasteiger partial charge in [0.25, 0.3) is 0 Å². The molecule has 1 aromatic heterocycles. The molecule has 0 fully saturated rings. The lowest BCUT2D eigenvalue weighted by Gasteiger charge is -2.42. The molecule has 2 unspecified atom stereocenters. The second-order valence-corrected chi connectivity index (χ2v) is 11.9. The summed E-state index contributed by atoms with van der Waals surface area (Å²) in [5, 5.41) is 26.7. The van der Waals surface area contributed by atoms with Crippen molar-refractivity contribution >= 4 is 12.0 Å². The van der Waals surface area contributed by atoms with E-state index in [0.717, 1.165) is 60.4 Å². The first-order valence-electron chi connectivity index (χ1n) is 15.9. The summed E-state index contributed by atoms with van der Waals surface area (Å²) in [6.07, 6.45) is 7.88. The van der Waals surface area contributed by atoms with Crippen molar-refractivity contribution in [1.29, 1.82) is 0 Å². The lowest BCUT2D eigenvalue weighted by Crippen LogP contribution is -2.40. The molecule has 1 N–H and O–H groups in total. The highest BCUT2D eigenvalue weighted by molar-refractivity contribution is 5.84. The summed E-state index contributed by atoms with van der Waals surface area (Å²) in [4.78, 5) is 23.0. The highest BCUT2D eigenvalue weighted by atomic mass is 16.7. The van der Waals surface area contributed by atoms with Crippen LogP contribution in [-0.4, -0.2) is 70.5 Å². The van der Waals surface area contributed by atoms with E-state index in [1.54, 1.807) is 20.2 Å².